The van der Waals surface area contributed by atoms with Crippen LogP contribution in [0.4, 0.5) is 4.39 Å². The Morgan fingerprint density at radius 2 is 1.92 bits per heavy atom. The van der Waals surface area contributed by atoms with E-state index in [4.69, 9.17) is 4.74 Å². The number of aryl methyl sites for hydroxylation is 3. The van der Waals surface area contributed by atoms with Crippen molar-refractivity contribution in [3.63, 3.8) is 0 Å². The lowest BCUT2D eigenvalue weighted by Gasteiger charge is -2.02. The molecule has 0 amide bonds. The summed E-state index contributed by atoms with van der Waals surface area (Å²) >= 11 is 0. The maximum absolute atomic E-state index is 13.6. The number of carbonyl (C=O) groups excluding carboxylic acids is 1. The smallest absolute Gasteiger partial charge is 0.363 e. The SMILES string of the molecule is Cc1ccc(C)c(/C=C2/N=C(CCc3ccccc3F)OC2=O)c1. The van der Waals surface area contributed by atoms with Gasteiger partial charge in [-0.15, -0.1) is 0 Å². The summed E-state index contributed by atoms with van der Waals surface area (Å²) in [4.78, 5) is 16.2. The van der Waals surface area contributed by atoms with Crippen LogP contribution in [-0.2, 0) is 16.0 Å². The van der Waals surface area contributed by atoms with Crippen molar-refractivity contribution >= 4 is 17.9 Å². The van der Waals surface area contributed by atoms with Crippen LogP contribution in [-0.4, -0.2) is 11.9 Å². The van der Waals surface area contributed by atoms with Crippen molar-refractivity contribution in [2.24, 2.45) is 4.99 Å². The Morgan fingerprint density at radius 3 is 2.71 bits per heavy atom. The maximum atomic E-state index is 13.6. The van der Waals surface area contributed by atoms with Gasteiger partial charge in [-0.05, 0) is 49.1 Å². The van der Waals surface area contributed by atoms with E-state index in [1.165, 1.54) is 6.07 Å². The van der Waals surface area contributed by atoms with E-state index >= 15 is 0 Å². The molecule has 0 fully saturated rings. The fraction of sp³-hybridized carbons (Fsp3) is 0.200. The van der Waals surface area contributed by atoms with Crippen LogP contribution in [0.25, 0.3) is 6.08 Å². The number of cyclic esters (lactones) is 1. The molecule has 4 heteroatoms. The zero-order valence-electron chi connectivity index (χ0n) is 13.7. The third kappa shape index (κ3) is 3.59. The van der Waals surface area contributed by atoms with E-state index in [1.54, 1.807) is 24.3 Å². The second kappa shape index (κ2) is 6.79. The Kier molecular flexibility index (Phi) is 4.56. The molecule has 0 bridgehead atoms. The van der Waals surface area contributed by atoms with Crippen LogP contribution >= 0.6 is 0 Å². The highest BCUT2D eigenvalue weighted by Crippen LogP contribution is 2.21. The largest absolute Gasteiger partial charge is 0.407 e. The Morgan fingerprint density at radius 1 is 1.12 bits per heavy atom. The fourth-order valence-corrected chi connectivity index (χ4v) is 2.57. The molecular formula is C20H18FNO2. The lowest BCUT2D eigenvalue weighted by Crippen LogP contribution is -2.05. The van der Waals surface area contributed by atoms with Gasteiger partial charge >= 0.3 is 5.97 Å². The minimum atomic E-state index is -0.459. The highest BCUT2D eigenvalue weighted by atomic mass is 19.1. The van der Waals surface area contributed by atoms with Gasteiger partial charge in [-0.25, -0.2) is 14.2 Å². The third-order valence-electron chi connectivity index (χ3n) is 3.96. The predicted molar refractivity (Wildman–Crippen MR) is 92.1 cm³/mol. The molecule has 24 heavy (non-hydrogen) atoms. The second-order valence-corrected chi connectivity index (χ2v) is 5.88. The van der Waals surface area contributed by atoms with Crippen LogP contribution in [0.1, 0.15) is 28.7 Å². The molecule has 2 aromatic rings. The van der Waals surface area contributed by atoms with Crippen LogP contribution in [0.3, 0.4) is 0 Å². The molecule has 0 saturated carbocycles. The van der Waals surface area contributed by atoms with E-state index in [-0.39, 0.29) is 11.5 Å². The molecule has 0 spiro atoms. The van der Waals surface area contributed by atoms with Gasteiger partial charge in [0.25, 0.3) is 0 Å². The summed E-state index contributed by atoms with van der Waals surface area (Å²) < 4.78 is 18.8. The van der Waals surface area contributed by atoms with Crippen molar-refractivity contribution in [1.29, 1.82) is 0 Å². The highest BCUT2D eigenvalue weighted by molar-refractivity contribution is 6.07. The molecular weight excluding hydrogens is 305 g/mol. The third-order valence-corrected chi connectivity index (χ3v) is 3.96. The van der Waals surface area contributed by atoms with Crippen LogP contribution in [0.5, 0.6) is 0 Å². The number of esters is 1. The number of ether oxygens (including phenoxy) is 1. The Labute approximate surface area is 140 Å². The maximum Gasteiger partial charge on any atom is 0.363 e. The van der Waals surface area contributed by atoms with Gasteiger partial charge in [0.1, 0.15) is 5.82 Å². The standard InChI is InChI=1S/C20H18FNO2/c1-13-7-8-14(2)16(11-13)12-18-20(23)24-19(22-18)10-9-15-5-3-4-6-17(15)21/h3-8,11-12H,9-10H2,1-2H3/b18-12+. The second-order valence-electron chi connectivity index (χ2n) is 5.88. The molecule has 2 aromatic carbocycles. The van der Waals surface area contributed by atoms with Gasteiger partial charge in [-0.2, -0.15) is 0 Å². The van der Waals surface area contributed by atoms with Crippen LogP contribution in [0.15, 0.2) is 53.2 Å². The van der Waals surface area contributed by atoms with E-state index in [9.17, 15) is 9.18 Å². The van der Waals surface area contributed by atoms with Crippen LogP contribution < -0.4 is 0 Å². The number of hydrogen-bond donors (Lipinski definition) is 0. The monoisotopic (exact) mass is 323 g/mol. The molecule has 0 aliphatic carbocycles. The average molecular weight is 323 g/mol. The zero-order valence-corrected chi connectivity index (χ0v) is 13.7. The Hall–Kier alpha value is -2.75. The Balaban J connectivity index is 1.77. The molecule has 122 valence electrons. The summed E-state index contributed by atoms with van der Waals surface area (Å²) in [7, 11) is 0. The van der Waals surface area contributed by atoms with Gasteiger partial charge in [0.15, 0.2) is 11.6 Å². The molecule has 0 N–H and O–H groups in total. The molecule has 3 nitrogen and oxygen atoms in total. The van der Waals surface area contributed by atoms with E-state index in [0.717, 1.165) is 16.7 Å². The summed E-state index contributed by atoms with van der Waals surface area (Å²) in [5.41, 5.74) is 4.00. The molecule has 0 unspecified atom stereocenters. The zero-order chi connectivity index (χ0) is 17.1. The van der Waals surface area contributed by atoms with Crippen molar-refractivity contribution in [2.45, 2.75) is 26.7 Å². The number of nitrogens with zero attached hydrogens (tertiary/aromatic N) is 1. The van der Waals surface area contributed by atoms with E-state index in [1.807, 2.05) is 32.0 Å². The van der Waals surface area contributed by atoms with Gasteiger partial charge in [-0.1, -0.05) is 42.0 Å². The highest BCUT2D eigenvalue weighted by Gasteiger charge is 2.23. The molecule has 3 rings (SSSR count). The predicted octanol–water partition coefficient (Wildman–Crippen LogP) is 4.37. The van der Waals surface area contributed by atoms with Gasteiger partial charge in [0, 0.05) is 6.42 Å². The molecule has 0 saturated heterocycles. The van der Waals surface area contributed by atoms with E-state index in [2.05, 4.69) is 4.99 Å². The lowest BCUT2D eigenvalue weighted by atomic mass is 10.0. The first kappa shape index (κ1) is 16.1. The lowest BCUT2D eigenvalue weighted by molar-refractivity contribution is -0.130. The van der Waals surface area contributed by atoms with Crippen LogP contribution in [0, 0.1) is 19.7 Å². The molecule has 0 aromatic heterocycles. The van der Waals surface area contributed by atoms with Gasteiger partial charge in [0.2, 0.25) is 0 Å². The van der Waals surface area contributed by atoms with Gasteiger partial charge in [0.05, 0.1) is 0 Å². The Bertz CT molecular complexity index is 852. The summed E-state index contributed by atoms with van der Waals surface area (Å²) in [6, 6.07) is 12.6. The summed E-state index contributed by atoms with van der Waals surface area (Å²) in [5, 5.41) is 0. The molecule has 1 aliphatic heterocycles. The van der Waals surface area contributed by atoms with Gasteiger partial charge in [-0.3, -0.25) is 0 Å². The average Bonchev–Trinajstić information content (AvgIpc) is 2.90. The number of benzene rings is 2. The number of halogens is 1. The first-order valence-electron chi connectivity index (χ1n) is 7.85. The quantitative estimate of drug-likeness (QED) is 0.619. The van der Waals surface area contributed by atoms with E-state index in [0.29, 0.717) is 24.3 Å². The first-order valence-corrected chi connectivity index (χ1v) is 7.85. The summed E-state index contributed by atoms with van der Waals surface area (Å²) in [6.45, 7) is 3.98. The molecule has 0 radical (unpaired) electrons. The van der Waals surface area contributed by atoms with Crippen molar-refractivity contribution in [3.05, 3.63) is 76.2 Å². The van der Waals surface area contributed by atoms with Gasteiger partial charge < -0.3 is 4.74 Å². The topological polar surface area (TPSA) is 38.7 Å². The van der Waals surface area contributed by atoms with Crippen molar-refractivity contribution in [1.82, 2.24) is 0 Å². The van der Waals surface area contributed by atoms with Crippen LogP contribution in [0.2, 0.25) is 0 Å². The minimum Gasteiger partial charge on any atom is -0.407 e. The molecule has 1 heterocycles. The minimum absolute atomic E-state index is 0.256. The summed E-state index contributed by atoms with van der Waals surface area (Å²) in [5.74, 6) is -0.382. The number of rotatable bonds is 4. The number of hydrogen-bond acceptors (Lipinski definition) is 3. The normalized spacial score (nSPS) is 15.5. The van der Waals surface area contributed by atoms with Crippen molar-refractivity contribution in [3.8, 4) is 0 Å². The summed E-state index contributed by atoms with van der Waals surface area (Å²) in [6.07, 6.45) is 2.56. The fourth-order valence-electron chi connectivity index (χ4n) is 2.57. The van der Waals surface area contributed by atoms with Crippen molar-refractivity contribution < 1.29 is 13.9 Å². The van der Waals surface area contributed by atoms with E-state index < -0.39 is 5.97 Å². The molecule has 0 atom stereocenters. The van der Waals surface area contributed by atoms with Crippen molar-refractivity contribution in [2.75, 3.05) is 0 Å². The molecule has 1 aliphatic rings. The number of carbonyl (C=O) groups is 1. The first-order chi connectivity index (χ1) is 11.5. The number of aliphatic imine (C=N–C) groups is 1.